The van der Waals surface area contributed by atoms with Crippen LogP contribution in [0.1, 0.15) is 10.4 Å². The minimum Gasteiger partial charge on any atom is -0.365 e. The molecule has 0 aliphatic rings. The molecular weight excluding hydrogens is 392 g/mol. The number of carbonyl (C=O) groups excluding carboxylic acids is 1. The highest BCUT2D eigenvalue weighted by Gasteiger charge is 2.23. The van der Waals surface area contributed by atoms with Gasteiger partial charge in [-0.05, 0) is 47.8 Å². The van der Waals surface area contributed by atoms with Crippen molar-refractivity contribution in [3.05, 3.63) is 30.6 Å². The molecule has 0 bridgehead atoms. The molecule has 0 saturated carbocycles. The predicted molar refractivity (Wildman–Crippen MR) is 58.0 cm³/mol. The first-order chi connectivity index (χ1) is 6.37. The van der Waals surface area contributed by atoms with Gasteiger partial charge in [-0.25, -0.2) is 8.78 Å². The lowest BCUT2D eigenvalue weighted by Crippen LogP contribution is -2.16. The SMILES string of the molecule is NC(=O)c1c(F)c(Br)c(Br)c(Br)c1F. The quantitative estimate of drug-likeness (QED) is 0.577. The zero-order chi connectivity index (χ0) is 11.0. The number of nitrogens with two attached hydrogens (primary N) is 1. The number of hydrogen-bond acceptors (Lipinski definition) is 1. The van der Waals surface area contributed by atoms with E-state index < -0.39 is 23.1 Å². The van der Waals surface area contributed by atoms with Crippen molar-refractivity contribution >= 4 is 53.7 Å². The number of rotatable bonds is 1. The molecule has 0 unspecified atom stereocenters. The molecule has 0 heterocycles. The van der Waals surface area contributed by atoms with Gasteiger partial charge in [-0.2, -0.15) is 0 Å². The van der Waals surface area contributed by atoms with Crippen molar-refractivity contribution < 1.29 is 13.6 Å². The fourth-order valence-corrected chi connectivity index (χ4v) is 2.23. The minimum atomic E-state index is -1.16. The lowest BCUT2D eigenvalue weighted by molar-refractivity contribution is 0.0992. The van der Waals surface area contributed by atoms with Gasteiger partial charge in [0.1, 0.15) is 5.56 Å². The van der Waals surface area contributed by atoms with Gasteiger partial charge in [0, 0.05) is 0 Å². The van der Waals surface area contributed by atoms with Gasteiger partial charge in [0.15, 0.2) is 11.6 Å². The van der Waals surface area contributed by atoms with Crippen molar-refractivity contribution in [2.45, 2.75) is 0 Å². The van der Waals surface area contributed by atoms with Gasteiger partial charge in [0.25, 0.3) is 5.91 Å². The third-order valence-electron chi connectivity index (χ3n) is 1.46. The highest BCUT2D eigenvalue weighted by Crippen LogP contribution is 2.37. The van der Waals surface area contributed by atoms with E-state index in [1.807, 2.05) is 0 Å². The van der Waals surface area contributed by atoms with E-state index in [2.05, 4.69) is 47.8 Å². The second-order valence-electron chi connectivity index (χ2n) is 2.31. The number of amides is 1. The van der Waals surface area contributed by atoms with Gasteiger partial charge >= 0.3 is 0 Å². The summed E-state index contributed by atoms with van der Waals surface area (Å²) < 4.78 is 26.7. The summed E-state index contributed by atoms with van der Waals surface area (Å²) in [6.45, 7) is 0. The Labute approximate surface area is 103 Å². The number of carbonyl (C=O) groups is 1. The molecule has 1 amide bonds. The first kappa shape index (κ1) is 12.1. The maximum atomic E-state index is 13.3. The molecule has 0 spiro atoms. The molecule has 0 saturated heterocycles. The van der Waals surface area contributed by atoms with Crippen LogP contribution >= 0.6 is 47.8 Å². The highest BCUT2D eigenvalue weighted by atomic mass is 79.9. The van der Waals surface area contributed by atoms with Gasteiger partial charge in [0.05, 0.1) is 13.4 Å². The summed E-state index contributed by atoms with van der Waals surface area (Å²) in [5.41, 5.74) is 4.06. The van der Waals surface area contributed by atoms with E-state index in [9.17, 15) is 13.6 Å². The Morgan fingerprint density at radius 3 is 1.64 bits per heavy atom. The maximum Gasteiger partial charge on any atom is 0.254 e. The van der Waals surface area contributed by atoms with Gasteiger partial charge in [-0.1, -0.05) is 0 Å². The Hall–Kier alpha value is -0.0100. The standard InChI is InChI=1S/C7H2Br3F2NO/c8-2-3(9)5(11)1(7(13)14)6(12)4(2)10/h(H2,13,14). The van der Waals surface area contributed by atoms with Crippen LogP contribution in [0, 0.1) is 11.6 Å². The van der Waals surface area contributed by atoms with Crippen LogP contribution in [0.4, 0.5) is 8.78 Å². The van der Waals surface area contributed by atoms with E-state index in [-0.39, 0.29) is 13.4 Å². The van der Waals surface area contributed by atoms with Crippen LogP contribution in [-0.4, -0.2) is 5.91 Å². The number of primary amides is 1. The van der Waals surface area contributed by atoms with Gasteiger partial charge in [0.2, 0.25) is 0 Å². The normalized spacial score (nSPS) is 10.4. The Morgan fingerprint density at radius 1 is 1.00 bits per heavy atom. The largest absolute Gasteiger partial charge is 0.365 e. The van der Waals surface area contributed by atoms with Crippen LogP contribution in [0.2, 0.25) is 0 Å². The molecule has 1 rings (SSSR count). The van der Waals surface area contributed by atoms with E-state index in [0.29, 0.717) is 0 Å². The molecular formula is C7H2Br3F2NO. The smallest absolute Gasteiger partial charge is 0.254 e. The monoisotopic (exact) mass is 391 g/mol. The van der Waals surface area contributed by atoms with Crippen LogP contribution in [0.15, 0.2) is 13.4 Å². The van der Waals surface area contributed by atoms with Crippen molar-refractivity contribution in [1.82, 2.24) is 0 Å². The molecule has 0 atom stereocenters. The van der Waals surface area contributed by atoms with Crippen molar-refractivity contribution in [2.24, 2.45) is 5.73 Å². The third kappa shape index (κ3) is 1.85. The van der Waals surface area contributed by atoms with Crippen LogP contribution < -0.4 is 5.73 Å². The van der Waals surface area contributed by atoms with Crippen LogP contribution in [0.3, 0.4) is 0 Å². The average molecular weight is 394 g/mol. The number of hydrogen-bond donors (Lipinski definition) is 1. The van der Waals surface area contributed by atoms with Crippen molar-refractivity contribution in [1.29, 1.82) is 0 Å². The molecule has 2 N–H and O–H groups in total. The van der Waals surface area contributed by atoms with Gasteiger partial charge in [-0.3, -0.25) is 4.79 Å². The summed E-state index contributed by atoms with van der Waals surface area (Å²) in [4.78, 5) is 10.7. The first-order valence-corrected chi connectivity index (χ1v) is 5.57. The third-order valence-corrected chi connectivity index (χ3v) is 4.80. The molecule has 0 aliphatic carbocycles. The highest BCUT2D eigenvalue weighted by molar-refractivity contribution is 9.14. The lowest BCUT2D eigenvalue weighted by Gasteiger charge is -2.07. The summed E-state index contributed by atoms with van der Waals surface area (Å²) in [5.74, 6) is -3.20. The van der Waals surface area contributed by atoms with Gasteiger partial charge < -0.3 is 5.73 Å². The topological polar surface area (TPSA) is 43.1 Å². The molecule has 76 valence electrons. The van der Waals surface area contributed by atoms with E-state index >= 15 is 0 Å². The fourth-order valence-electron chi connectivity index (χ4n) is 0.821. The Morgan fingerprint density at radius 2 is 1.36 bits per heavy atom. The predicted octanol–water partition coefficient (Wildman–Crippen LogP) is 3.35. The number of benzene rings is 1. The Balaban J connectivity index is 3.68. The zero-order valence-corrected chi connectivity index (χ0v) is 11.1. The maximum absolute atomic E-state index is 13.3. The summed E-state index contributed by atoms with van der Waals surface area (Å²) in [7, 11) is 0. The van der Waals surface area contributed by atoms with E-state index in [1.165, 1.54) is 0 Å². The molecule has 7 heteroatoms. The van der Waals surface area contributed by atoms with E-state index in [0.717, 1.165) is 0 Å². The fraction of sp³-hybridized carbons (Fsp3) is 0. The molecule has 0 aliphatic heterocycles. The number of halogens is 5. The summed E-state index contributed by atoms with van der Waals surface area (Å²) in [6.07, 6.45) is 0. The van der Waals surface area contributed by atoms with E-state index in [4.69, 9.17) is 5.73 Å². The second kappa shape index (κ2) is 4.24. The summed E-state index contributed by atoms with van der Waals surface area (Å²) in [5, 5.41) is 0. The molecule has 2 nitrogen and oxygen atoms in total. The van der Waals surface area contributed by atoms with Crippen LogP contribution in [0.25, 0.3) is 0 Å². The van der Waals surface area contributed by atoms with Crippen LogP contribution in [-0.2, 0) is 0 Å². The Kier molecular flexibility index (Phi) is 3.65. The molecule has 1 aromatic rings. The van der Waals surface area contributed by atoms with Gasteiger partial charge in [-0.15, -0.1) is 0 Å². The first-order valence-electron chi connectivity index (χ1n) is 3.19. The lowest BCUT2D eigenvalue weighted by atomic mass is 10.2. The summed E-state index contributed by atoms with van der Waals surface area (Å²) in [6, 6.07) is 0. The summed E-state index contributed by atoms with van der Waals surface area (Å²) >= 11 is 8.65. The molecule has 0 radical (unpaired) electrons. The van der Waals surface area contributed by atoms with Crippen molar-refractivity contribution in [3.63, 3.8) is 0 Å². The second-order valence-corrected chi connectivity index (χ2v) is 4.69. The van der Waals surface area contributed by atoms with Crippen LogP contribution in [0.5, 0.6) is 0 Å². The van der Waals surface area contributed by atoms with E-state index in [1.54, 1.807) is 0 Å². The van der Waals surface area contributed by atoms with Crippen molar-refractivity contribution in [2.75, 3.05) is 0 Å². The molecule has 0 fully saturated rings. The Bertz CT molecular complexity index is 393. The van der Waals surface area contributed by atoms with Crippen molar-refractivity contribution in [3.8, 4) is 0 Å². The zero-order valence-electron chi connectivity index (χ0n) is 6.38. The molecule has 1 aromatic carbocycles. The molecule has 14 heavy (non-hydrogen) atoms. The average Bonchev–Trinajstić information content (AvgIpc) is 2.11. The molecule has 0 aromatic heterocycles. The minimum absolute atomic E-state index is 0.0559.